The molecule has 0 fully saturated rings. The van der Waals surface area contributed by atoms with Gasteiger partial charge in [0.1, 0.15) is 11.2 Å². The van der Waals surface area contributed by atoms with E-state index >= 15 is 0 Å². The zero-order valence-corrected chi connectivity index (χ0v) is 11.5. The Morgan fingerprint density at radius 1 is 1.35 bits per heavy atom. The second-order valence-electron chi connectivity index (χ2n) is 4.88. The molecular weight excluding hydrogens is 266 g/mol. The van der Waals surface area contributed by atoms with Crippen LogP contribution in [0, 0.1) is 16.7 Å². The average molecular weight is 282 g/mol. The van der Waals surface area contributed by atoms with Crippen LogP contribution in [0.3, 0.4) is 0 Å². The van der Waals surface area contributed by atoms with Gasteiger partial charge in [0.25, 0.3) is 0 Å². The maximum absolute atomic E-state index is 12.0. The summed E-state index contributed by atoms with van der Waals surface area (Å²) in [4.78, 5) is 11.8. The third kappa shape index (κ3) is 4.19. The van der Waals surface area contributed by atoms with E-state index < -0.39 is 12.0 Å². The highest BCUT2D eigenvalue weighted by molar-refractivity contribution is 5.84. The predicted molar refractivity (Wildman–Crippen MR) is 69.0 cm³/mol. The second kappa shape index (κ2) is 6.33. The smallest absolute Gasteiger partial charge is 0.387 e. The Hall–Kier alpha value is -2.16. The first-order valence-electron chi connectivity index (χ1n) is 6.03. The molecule has 0 aliphatic carbocycles. The minimum absolute atomic E-state index is 0.0552. The molecule has 1 aromatic rings. The summed E-state index contributed by atoms with van der Waals surface area (Å²) < 4.78 is 28.3. The van der Waals surface area contributed by atoms with Crippen LogP contribution >= 0.6 is 0 Å². The molecule has 0 saturated carbocycles. The van der Waals surface area contributed by atoms with Gasteiger partial charge in [0.2, 0.25) is 5.91 Å². The zero-order valence-electron chi connectivity index (χ0n) is 11.5. The van der Waals surface area contributed by atoms with E-state index in [1.54, 1.807) is 19.1 Å². The molecule has 0 bridgehead atoms. The lowest BCUT2D eigenvalue weighted by molar-refractivity contribution is -0.127. The van der Waals surface area contributed by atoms with Crippen LogP contribution in [0.4, 0.5) is 8.78 Å². The normalized spacial score (nSPS) is 12.7. The standard InChI is InChI=1S/C14H16F2N2O2/c1-9(18-12(19)14(2,3)8-17)10-4-6-11(7-5-10)20-13(15)16/h4-7,9,13H,1-3H3,(H,18,19). The van der Waals surface area contributed by atoms with Gasteiger partial charge < -0.3 is 10.1 Å². The number of hydrogen-bond donors (Lipinski definition) is 1. The fourth-order valence-corrected chi connectivity index (χ4v) is 1.45. The molecule has 1 rings (SSSR count). The zero-order chi connectivity index (χ0) is 15.3. The van der Waals surface area contributed by atoms with Gasteiger partial charge >= 0.3 is 6.61 Å². The number of ether oxygens (including phenoxy) is 1. The fraction of sp³-hybridized carbons (Fsp3) is 0.429. The van der Waals surface area contributed by atoms with Gasteiger partial charge in [-0.05, 0) is 38.5 Å². The van der Waals surface area contributed by atoms with Gasteiger partial charge in [0.15, 0.2) is 0 Å². The number of nitriles is 1. The number of hydrogen-bond acceptors (Lipinski definition) is 3. The highest BCUT2D eigenvalue weighted by atomic mass is 19.3. The number of carbonyl (C=O) groups is 1. The average Bonchev–Trinajstić information content (AvgIpc) is 2.38. The molecule has 1 amide bonds. The Morgan fingerprint density at radius 3 is 2.35 bits per heavy atom. The molecule has 0 saturated heterocycles. The SMILES string of the molecule is CC(NC(=O)C(C)(C)C#N)c1ccc(OC(F)F)cc1. The molecule has 0 aliphatic rings. The maximum atomic E-state index is 12.0. The lowest BCUT2D eigenvalue weighted by atomic mass is 9.94. The molecule has 6 heteroatoms. The highest BCUT2D eigenvalue weighted by Gasteiger charge is 2.28. The second-order valence-corrected chi connectivity index (χ2v) is 4.88. The van der Waals surface area contributed by atoms with E-state index in [-0.39, 0.29) is 17.7 Å². The number of nitrogens with zero attached hydrogens (tertiary/aromatic N) is 1. The Balaban J connectivity index is 2.71. The minimum atomic E-state index is -2.87. The summed E-state index contributed by atoms with van der Waals surface area (Å²) >= 11 is 0. The Morgan fingerprint density at radius 2 is 1.90 bits per heavy atom. The summed E-state index contributed by atoms with van der Waals surface area (Å²) in [7, 11) is 0. The lowest BCUT2D eigenvalue weighted by Crippen LogP contribution is -2.37. The van der Waals surface area contributed by atoms with Gasteiger partial charge in [-0.15, -0.1) is 0 Å². The van der Waals surface area contributed by atoms with Crippen LogP contribution in [0.15, 0.2) is 24.3 Å². The van der Waals surface area contributed by atoms with Crippen molar-refractivity contribution in [2.24, 2.45) is 5.41 Å². The van der Waals surface area contributed by atoms with E-state index in [2.05, 4.69) is 10.1 Å². The van der Waals surface area contributed by atoms with Crippen molar-refractivity contribution in [2.75, 3.05) is 0 Å². The summed E-state index contributed by atoms with van der Waals surface area (Å²) in [6.07, 6.45) is 0. The number of rotatable bonds is 5. The number of nitrogens with one attached hydrogen (secondary N) is 1. The van der Waals surface area contributed by atoms with Crippen LogP contribution in [-0.4, -0.2) is 12.5 Å². The van der Waals surface area contributed by atoms with E-state index in [9.17, 15) is 13.6 Å². The van der Waals surface area contributed by atoms with Gasteiger partial charge in [-0.25, -0.2) is 0 Å². The van der Waals surface area contributed by atoms with Crippen LogP contribution in [0.5, 0.6) is 5.75 Å². The molecule has 108 valence electrons. The van der Waals surface area contributed by atoms with Crippen molar-refractivity contribution >= 4 is 5.91 Å². The predicted octanol–water partition coefficient (Wildman–Crippen LogP) is 3.01. The van der Waals surface area contributed by atoms with Crippen LogP contribution in [0.1, 0.15) is 32.4 Å². The van der Waals surface area contributed by atoms with Crippen molar-refractivity contribution in [1.82, 2.24) is 5.32 Å². The van der Waals surface area contributed by atoms with E-state index in [4.69, 9.17) is 5.26 Å². The maximum Gasteiger partial charge on any atom is 0.387 e. The first kappa shape index (κ1) is 15.9. The third-order valence-electron chi connectivity index (χ3n) is 2.80. The molecule has 0 heterocycles. The lowest BCUT2D eigenvalue weighted by Gasteiger charge is -2.20. The molecule has 4 nitrogen and oxygen atoms in total. The Bertz CT molecular complexity index is 507. The largest absolute Gasteiger partial charge is 0.435 e. The number of benzene rings is 1. The number of alkyl halides is 2. The van der Waals surface area contributed by atoms with E-state index in [1.807, 2.05) is 6.07 Å². The topological polar surface area (TPSA) is 62.1 Å². The molecule has 0 spiro atoms. The monoisotopic (exact) mass is 282 g/mol. The molecule has 0 radical (unpaired) electrons. The third-order valence-corrected chi connectivity index (χ3v) is 2.80. The first-order valence-corrected chi connectivity index (χ1v) is 6.03. The number of halogens is 2. The van der Waals surface area contributed by atoms with Crippen LogP contribution < -0.4 is 10.1 Å². The summed E-state index contributed by atoms with van der Waals surface area (Å²) in [5.41, 5.74) is -0.388. The molecule has 1 aromatic carbocycles. The van der Waals surface area contributed by atoms with E-state index in [1.165, 1.54) is 26.0 Å². The molecule has 1 unspecified atom stereocenters. The number of amides is 1. The quantitative estimate of drug-likeness (QED) is 0.903. The molecule has 1 N–H and O–H groups in total. The fourth-order valence-electron chi connectivity index (χ4n) is 1.45. The molecule has 20 heavy (non-hydrogen) atoms. The van der Waals surface area contributed by atoms with Crippen molar-refractivity contribution in [3.05, 3.63) is 29.8 Å². The first-order chi connectivity index (χ1) is 9.26. The molecule has 0 aliphatic heterocycles. The van der Waals surface area contributed by atoms with Gasteiger partial charge in [0.05, 0.1) is 12.1 Å². The van der Waals surface area contributed by atoms with Gasteiger partial charge in [-0.1, -0.05) is 12.1 Å². The van der Waals surface area contributed by atoms with Crippen LogP contribution in [0.2, 0.25) is 0 Å². The Labute approximate surface area is 116 Å². The van der Waals surface area contributed by atoms with Crippen molar-refractivity contribution in [1.29, 1.82) is 5.26 Å². The van der Waals surface area contributed by atoms with Gasteiger partial charge in [0, 0.05) is 0 Å². The summed E-state index contributed by atoms with van der Waals surface area (Å²) in [6, 6.07) is 7.55. The minimum Gasteiger partial charge on any atom is -0.435 e. The summed E-state index contributed by atoms with van der Waals surface area (Å²) in [6.45, 7) is 1.92. The number of carbonyl (C=O) groups excluding carboxylic acids is 1. The summed E-state index contributed by atoms with van der Waals surface area (Å²) in [5.74, 6) is -0.333. The molecule has 1 atom stereocenters. The van der Waals surface area contributed by atoms with E-state index in [0.29, 0.717) is 0 Å². The highest BCUT2D eigenvalue weighted by Crippen LogP contribution is 2.21. The van der Waals surface area contributed by atoms with Gasteiger partial charge in [-0.2, -0.15) is 14.0 Å². The van der Waals surface area contributed by atoms with Crippen molar-refractivity contribution in [3.63, 3.8) is 0 Å². The van der Waals surface area contributed by atoms with E-state index in [0.717, 1.165) is 5.56 Å². The van der Waals surface area contributed by atoms with Gasteiger partial charge in [-0.3, -0.25) is 4.79 Å². The molecular formula is C14H16F2N2O2. The van der Waals surface area contributed by atoms with Crippen molar-refractivity contribution < 1.29 is 18.3 Å². The molecule has 0 aromatic heterocycles. The van der Waals surface area contributed by atoms with Crippen LogP contribution in [-0.2, 0) is 4.79 Å². The van der Waals surface area contributed by atoms with Crippen molar-refractivity contribution in [2.45, 2.75) is 33.4 Å². The van der Waals surface area contributed by atoms with Crippen molar-refractivity contribution in [3.8, 4) is 11.8 Å². The summed E-state index contributed by atoms with van der Waals surface area (Å²) in [5, 5.41) is 11.6. The Kier molecular flexibility index (Phi) is 5.03. The van der Waals surface area contributed by atoms with Crippen LogP contribution in [0.25, 0.3) is 0 Å².